The molecule has 6 nitrogen and oxygen atoms in total. The van der Waals surface area contributed by atoms with Crippen molar-refractivity contribution in [2.75, 3.05) is 13.2 Å². The summed E-state index contributed by atoms with van der Waals surface area (Å²) in [5, 5.41) is 3.51. The first-order chi connectivity index (χ1) is 16.0. The minimum absolute atomic E-state index is 0.0857. The molecule has 0 aliphatic carbocycles. The number of nitrogens with zero attached hydrogens (tertiary/aromatic N) is 2. The van der Waals surface area contributed by atoms with Crippen LogP contribution in [0.3, 0.4) is 0 Å². The molecule has 1 N–H and O–H groups in total. The van der Waals surface area contributed by atoms with Crippen molar-refractivity contribution < 1.29 is 14.3 Å². The van der Waals surface area contributed by atoms with E-state index >= 15 is 0 Å². The van der Waals surface area contributed by atoms with E-state index in [4.69, 9.17) is 26.1 Å². The van der Waals surface area contributed by atoms with E-state index in [0.29, 0.717) is 30.5 Å². The lowest BCUT2D eigenvalue weighted by atomic mass is 10.1. The molecule has 0 aliphatic rings. The lowest BCUT2D eigenvalue weighted by Gasteiger charge is -2.13. The highest BCUT2D eigenvalue weighted by Gasteiger charge is 2.12. The topological polar surface area (TPSA) is 65.4 Å². The molecule has 4 aromatic rings. The zero-order valence-electron chi connectivity index (χ0n) is 18.7. The first-order valence-corrected chi connectivity index (χ1v) is 11.2. The number of amides is 1. The molecular formula is C26H26ClN3O3. The molecule has 7 heteroatoms. The van der Waals surface area contributed by atoms with Crippen LogP contribution in [-0.4, -0.2) is 28.7 Å². The first kappa shape index (κ1) is 22.7. The van der Waals surface area contributed by atoms with Gasteiger partial charge in [-0.1, -0.05) is 35.9 Å². The van der Waals surface area contributed by atoms with E-state index in [2.05, 4.69) is 22.0 Å². The number of carbonyl (C=O) groups is 1. The molecule has 0 radical (unpaired) electrons. The Hall–Kier alpha value is -3.51. The Kier molecular flexibility index (Phi) is 7.15. The number of fused-ring (bicyclic) bond motifs is 1. The zero-order chi connectivity index (χ0) is 23.2. The fourth-order valence-corrected chi connectivity index (χ4v) is 3.65. The number of imidazole rings is 1. The van der Waals surface area contributed by atoms with Gasteiger partial charge in [0.15, 0.2) is 6.61 Å². The Balaban J connectivity index is 1.39. The molecule has 0 aliphatic heterocycles. The molecule has 0 saturated carbocycles. The lowest BCUT2D eigenvalue weighted by molar-refractivity contribution is -0.123. The van der Waals surface area contributed by atoms with Crippen molar-refractivity contribution in [2.45, 2.75) is 26.9 Å². The Morgan fingerprint density at radius 1 is 1.03 bits per heavy atom. The van der Waals surface area contributed by atoms with Crippen molar-refractivity contribution in [2.24, 2.45) is 0 Å². The number of ether oxygens (including phenoxy) is 2. The second kappa shape index (κ2) is 10.4. The molecule has 3 aromatic carbocycles. The molecule has 1 aromatic heterocycles. The maximum atomic E-state index is 12.3. The SMILES string of the molecule is Cc1ccc(C)c(OCCn2c(CNC(=O)COc3ccc(Cl)cc3)nc3ccccc32)c1. The summed E-state index contributed by atoms with van der Waals surface area (Å²) >= 11 is 5.87. The predicted molar refractivity (Wildman–Crippen MR) is 130 cm³/mol. The van der Waals surface area contributed by atoms with Crippen LogP contribution in [0.5, 0.6) is 11.5 Å². The second-order valence-electron chi connectivity index (χ2n) is 7.81. The van der Waals surface area contributed by atoms with E-state index in [1.807, 2.05) is 44.2 Å². The maximum absolute atomic E-state index is 12.3. The van der Waals surface area contributed by atoms with Crippen LogP contribution in [0.2, 0.25) is 5.02 Å². The zero-order valence-corrected chi connectivity index (χ0v) is 19.4. The Morgan fingerprint density at radius 3 is 2.64 bits per heavy atom. The molecular weight excluding hydrogens is 438 g/mol. The molecule has 1 amide bonds. The maximum Gasteiger partial charge on any atom is 0.258 e. The molecule has 33 heavy (non-hydrogen) atoms. The second-order valence-corrected chi connectivity index (χ2v) is 8.24. The third-order valence-electron chi connectivity index (χ3n) is 5.28. The molecule has 0 bridgehead atoms. The van der Waals surface area contributed by atoms with Crippen LogP contribution in [0, 0.1) is 13.8 Å². The van der Waals surface area contributed by atoms with Crippen LogP contribution in [0.1, 0.15) is 17.0 Å². The fourth-order valence-electron chi connectivity index (χ4n) is 3.53. The van der Waals surface area contributed by atoms with Crippen molar-refractivity contribution in [3.8, 4) is 11.5 Å². The van der Waals surface area contributed by atoms with Crippen molar-refractivity contribution >= 4 is 28.5 Å². The van der Waals surface area contributed by atoms with Crippen LogP contribution in [-0.2, 0) is 17.9 Å². The summed E-state index contributed by atoms with van der Waals surface area (Å²) in [4.78, 5) is 17.0. The normalized spacial score (nSPS) is 10.9. The lowest BCUT2D eigenvalue weighted by Crippen LogP contribution is -2.29. The smallest absolute Gasteiger partial charge is 0.258 e. The fraction of sp³-hybridized carbons (Fsp3) is 0.231. The molecule has 1 heterocycles. The summed E-state index contributed by atoms with van der Waals surface area (Å²) < 4.78 is 13.7. The van der Waals surface area contributed by atoms with Gasteiger partial charge in [-0.15, -0.1) is 0 Å². The molecule has 0 unspecified atom stereocenters. The number of aryl methyl sites for hydroxylation is 2. The number of para-hydroxylation sites is 2. The van der Waals surface area contributed by atoms with Gasteiger partial charge in [-0.2, -0.15) is 0 Å². The third kappa shape index (κ3) is 5.84. The molecule has 170 valence electrons. The highest BCUT2D eigenvalue weighted by molar-refractivity contribution is 6.30. The largest absolute Gasteiger partial charge is 0.491 e. The summed E-state index contributed by atoms with van der Waals surface area (Å²) in [6.07, 6.45) is 0. The van der Waals surface area contributed by atoms with E-state index in [0.717, 1.165) is 33.7 Å². The Bertz CT molecular complexity index is 1250. The minimum atomic E-state index is -0.227. The van der Waals surface area contributed by atoms with Gasteiger partial charge in [-0.25, -0.2) is 4.98 Å². The van der Waals surface area contributed by atoms with Gasteiger partial charge in [0.05, 0.1) is 24.1 Å². The monoisotopic (exact) mass is 463 g/mol. The number of hydrogen-bond donors (Lipinski definition) is 1. The van der Waals surface area contributed by atoms with E-state index in [9.17, 15) is 4.79 Å². The summed E-state index contributed by atoms with van der Waals surface area (Å²) in [6, 6.07) is 21.0. The van der Waals surface area contributed by atoms with Crippen molar-refractivity contribution in [1.29, 1.82) is 0 Å². The van der Waals surface area contributed by atoms with E-state index in [-0.39, 0.29) is 12.5 Å². The van der Waals surface area contributed by atoms with Gasteiger partial charge >= 0.3 is 0 Å². The van der Waals surface area contributed by atoms with Crippen LogP contribution in [0.4, 0.5) is 0 Å². The van der Waals surface area contributed by atoms with Gasteiger partial charge in [0.2, 0.25) is 0 Å². The highest BCUT2D eigenvalue weighted by atomic mass is 35.5. The molecule has 0 fully saturated rings. The van der Waals surface area contributed by atoms with Gasteiger partial charge in [-0.05, 0) is 67.4 Å². The molecule has 4 rings (SSSR count). The molecule has 0 atom stereocenters. The average molecular weight is 464 g/mol. The van der Waals surface area contributed by atoms with Crippen LogP contribution in [0.15, 0.2) is 66.7 Å². The summed E-state index contributed by atoms with van der Waals surface area (Å²) in [5.74, 6) is 2.01. The average Bonchev–Trinajstić information content (AvgIpc) is 3.17. The number of rotatable bonds is 9. The Morgan fingerprint density at radius 2 is 1.82 bits per heavy atom. The van der Waals surface area contributed by atoms with Crippen LogP contribution in [0.25, 0.3) is 11.0 Å². The summed E-state index contributed by atoms with van der Waals surface area (Å²) in [6.45, 7) is 5.39. The van der Waals surface area contributed by atoms with Gasteiger partial charge in [0.25, 0.3) is 5.91 Å². The van der Waals surface area contributed by atoms with E-state index < -0.39 is 0 Å². The number of carbonyl (C=O) groups excluding carboxylic acids is 1. The Labute approximate surface area is 198 Å². The van der Waals surface area contributed by atoms with E-state index in [1.54, 1.807) is 24.3 Å². The van der Waals surface area contributed by atoms with E-state index in [1.165, 1.54) is 0 Å². The van der Waals surface area contributed by atoms with Gasteiger partial charge in [-0.3, -0.25) is 4.79 Å². The molecule has 0 spiro atoms. The number of nitrogens with one attached hydrogen (secondary N) is 1. The van der Waals surface area contributed by atoms with Crippen LogP contribution >= 0.6 is 11.6 Å². The number of halogens is 1. The standard InChI is InChI=1S/C26H26ClN3O3/c1-18-7-8-19(2)24(15-18)32-14-13-30-23-6-4-3-5-22(23)29-25(30)16-28-26(31)17-33-21-11-9-20(27)10-12-21/h3-12,15H,13-14,16-17H2,1-2H3,(H,28,31). The van der Waals surface area contributed by atoms with Gasteiger partial charge in [0.1, 0.15) is 23.9 Å². The summed E-state index contributed by atoms with van der Waals surface area (Å²) in [5.41, 5.74) is 4.15. The first-order valence-electron chi connectivity index (χ1n) is 10.8. The number of benzene rings is 3. The predicted octanol–water partition coefficient (Wildman–Crippen LogP) is 5.08. The number of aromatic nitrogens is 2. The van der Waals surface area contributed by atoms with Crippen molar-refractivity contribution in [3.63, 3.8) is 0 Å². The quantitative estimate of drug-likeness (QED) is 0.376. The summed E-state index contributed by atoms with van der Waals surface area (Å²) in [7, 11) is 0. The van der Waals surface area contributed by atoms with Crippen LogP contribution < -0.4 is 14.8 Å². The minimum Gasteiger partial charge on any atom is -0.491 e. The number of hydrogen-bond acceptors (Lipinski definition) is 4. The van der Waals surface area contributed by atoms with Gasteiger partial charge in [0, 0.05) is 5.02 Å². The van der Waals surface area contributed by atoms with Crippen molar-refractivity contribution in [1.82, 2.24) is 14.9 Å². The molecule has 0 saturated heterocycles. The van der Waals surface area contributed by atoms with Gasteiger partial charge < -0.3 is 19.4 Å². The van der Waals surface area contributed by atoms with Crippen molar-refractivity contribution in [3.05, 3.63) is 88.7 Å². The third-order valence-corrected chi connectivity index (χ3v) is 5.53. The highest BCUT2D eigenvalue weighted by Crippen LogP contribution is 2.20.